The summed E-state index contributed by atoms with van der Waals surface area (Å²) in [5, 5.41) is 0. The van der Waals surface area contributed by atoms with Crippen LogP contribution in [0.1, 0.15) is 40.7 Å². The summed E-state index contributed by atoms with van der Waals surface area (Å²) in [5.74, 6) is 0.854. The van der Waals surface area contributed by atoms with Crippen LogP contribution in [0.5, 0.6) is 5.75 Å². The van der Waals surface area contributed by atoms with Crippen molar-refractivity contribution in [3.05, 3.63) is 58.1 Å². The first-order valence-electron chi connectivity index (χ1n) is 11.2. The van der Waals surface area contributed by atoms with Crippen LogP contribution >= 0.6 is 0 Å². The minimum absolute atomic E-state index is 0.0494. The fraction of sp³-hybridized carbons (Fsp3) is 0.480. The van der Waals surface area contributed by atoms with Crippen molar-refractivity contribution in [2.24, 2.45) is 0 Å². The molecule has 0 bridgehead atoms. The lowest BCUT2D eigenvalue weighted by molar-refractivity contribution is -0.132. The zero-order valence-electron chi connectivity index (χ0n) is 19.8. The van der Waals surface area contributed by atoms with E-state index in [1.807, 2.05) is 65.0 Å². The Morgan fingerprint density at radius 3 is 2.03 bits per heavy atom. The molecule has 0 saturated carbocycles. The summed E-state index contributed by atoms with van der Waals surface area (Å²) in [4.78, 5) is 14.8. The molecule has 1 aliphatic rings. The second-order valence-electron chi connectivity index (χ2n) is 8.64. The van der Waals surface area contributed by atoms with E-state index >= 15 is 0 Å². The number of hydrogen-bond acceptors (Lipinski definition) is 4. The number of piperazine rings is 1. The lowest BCUT2D eigenvalue weighted by Crippen LogP contribution is -2.50. The third-order valence-corrected chi connectivity index (χ3v) is 8.48. The Morgan fingerprint density at radius 1 is 0.906 bits per heavy atom. The zero-order chi connectivity index (χ0) is 23.5. The van der Waals surface area contributed by atoms with Gasteiger partial charge >= 0.3 is 0 Å². The van der Waals surface area contributed by atoms with E-state index in [0.717, 1.165) is 28.0 Å². The van der Waals surface area contributed by atoms with Crippen LogP contribution in [0, 0.1) is 34.6 Å². The lowest BCUT2D eigenvalue weighted by Gasteiger charge is -2.35. The van der Waals surface area contributed by atoms with Crippen LogP contribution in [0.25, 0.3) is 0 Å². The van der Waals surface area contributed by atoms with Gasteiger partial charge in [-0.05, 0) is 75.4 Å². The first kappa shape index (κ1) is 24.3. The minimum atomic E-state index is -3.60. The van der Waals surface area contributed by atoms with Crippen LogP contribution in [0.4, 0.5) is 0 Å². The number of carbonyl (C=O) groups is 1. The fourth-order valence-electron chi connectivity index (χ4n) is 4.08. The second kappa shape index (κ2) is 10.0. The quantitative estimate of drug-likeness (QED) is 0.590. The molecule has 3 rings (SSSR count). The Labute approximate surface area is 192 Å². The van der Waals surface area contributed by atoms with Crippen molar-refractivity contribution in [2.45, 2.75) is 52.4 Å². The van der Waals surface area contributed by atoms with E-state index < -0.39 is 10.0 Å². The van der Waals surface area contributed by atoms with Crippen LogP contribution in [-0.2, 0) is 14.8 Å². The number of amides is 1. The van der Waals surface area contributed by atoms with Crippen LogP contribution in [-0.4, -0.2) is 56.3 Å². The van der Waals surface area contributed by atoms with Gasteiger partial charge in [-0.15, -0.1) is 0 Å². The van der Waals surface area contributed by atoms with Crippen LogP contribution in [0.3, 0.4) is 0 Å². The summed E-state index contributed by atoms with van der Waals surface area (Å²) in [6.45, 7) is 11.6. The smallest absolute Gasteiger partial charge is 0.243 e. The number of carbonyl (C=O) groups excluding carboxylic acids is 1. The Bertz CT molecular complexity index is 1040. The first-order valence-corrected chi connectivity index (χ1v) is 12.6. The highest BCUT2D eigenvalue weighted by Crippen LogP contribution is 2.29. The SMILES string of the molecule is Cc1ccc(OCCCC(=O)N2CCN(S(=O)(=O)c3c(C)c(C)cc(C)c3C)CC2)cc1. The maximum absolute atomic E-state index is 13.4. The Hall–Kier alpha value is -2.38. The minimum Gasteiger partial charge on any atom is -0.494 e. The molecule has 0 radical (unpaired) electrons. The highest BCUT2D eigenvalue weighted by molar-refractivity contribution is 7.89. The van der Waals surface area contributed by atoms with E-state index in [-0.39, 0.29) is 5.91 Å². The molecule has 1 fully saturated rings. The molecule has 1 aliphatic heterocycles. The van der Waals surface area contributed by atoms with E-state index in [1.54, 1.807) is 4.90 Å². The number of rotatable bonds is 7. The van der Waals surface area contributed by atoms with Crippen molar-refractivity contribution >= 4 is 15.9 Å². The van der Waals surface area contributed by atoms with Gasteiger partial charge in [-0.25, -0.2) is 8.42 Å². The number of aryl methyl sites for hydroxylation is 3. The van der Waals surface area contributed by atoms with Gasteiger partial charge in [0.05, 0.1) is 11.5 Å². The molecule has 6 nitrogen and oxygen atoms in total. The van der Waals surface area contributed by atoms with Gasteiger partial charge in [0.15, 0.2) is 0 Å². The summed E-state index contributed by atoms with van der Waals surface area (Å²) in [5.41, 5.74) is 4.75. The Balaban J connectivity index is 1.53. The highest BCUT2D eigenvalue weighted by atomic mass is 32.2. The van der Waals surface area contributed by atoms with E-state index in [0.29, 0.717) is 50.5 Å². The molecular weight excluding hydrogens is 424 g/mol. The molecule has 32 heavy (non-hydrogen) atoms. The summed E-state index contributed by atoms with van der Waals surface area (Å²) < 4.78 is 34.0. The van der Waals surface area contributed by atoms with Crippen molar-refractivity contribution in [3.8, 4) is 5.75 Å². The summed E-state index contributed by atoms with van der Waals surface area (Å²) >= 11 is 0. The van der Waals surface area contributed by atoms with Crippen molar-refractivity contribution in [3.63, 3.8) is 0 Å². The number of sulfonamides is 1. The van der Waals surface area contributed by atoms with Gasteiger partial charge < -0.3 is 9.64 Å². The third-order valence-electron chi connectivity index (χ3n) is 6.31. The van der Waals surface area contributed by atoms with E-state index in [2.05, 4.69) is 0 Å². The van der Waals surface area contributed by atoms with Crippen LogP contribution < -0.4 is 4.74 Å². The average Bonchev–Trinajstić information content (AvgIpc) is 2.76. The third kappa shape index (κ3) is 5.33. The van der Waals surface area contributed by atoms with Gasteiger partial charge in [-0.3, -0.25) is 4.79 Å². The lowest BCUT2D eigenvalue weighted by atomic mass is 10.0. The summed E-state index contributed by atoms with van der Waals surface area (Å²) in [7, 11) is -3.60. The maximum Gasteiger partial charge on any atom is 0.243 e. The molecule has 7 heteroatoms. The molecule has 0 unspecified atom stereocenters. The number of benzene rings is 2. The molecule has 0 aliphatic carbocycles. The van der Waals surface area contributed by atoms with E-state index in [1.165, 1.54) is 9.87 Å². The summed E-state index contributed by atoms with van der Waals surface area (Å²) in [6, 6.07) is 9.87. The zero-order valence-corrected chi connectivity index (χ0v) is 20.6. The van der Waals surface area contributed by atoms with E-state index in [9.17, 15) is 13.2 Å². The van der Waals surface area contributed by atoms with Gasteiger partial charge in [-0.2, -0.15) is 4.31 Å². The second-order valence-corrected chi connectivity index (χ2v) is 10.5. The molecule has 1 saturated heterocycles. The van der Waals surface area contributed by atoms with Gasteiger partial charge in [0.1, 0.15) is 5.75 Å². The normalized spacial score (nSPS) is 15.1. The molecule has 0 spiro atoms. The first-order chi connectivity index (χ1) is 15.1. The van der Waals surface area contributed by atoms with Gasteiger partial charge in [0.2, 0.25) is 15.9 Å². The van der Waals surface area contributed by atoms with E-state index in [4.69, 9.17) is 4.74 Å². The molecule has 0 aromatic heterocycles. The number of hydrogen-bond donors (Lipinski definition) is 0. The fourth-order valence-corrected chi connectivity index (χ4v) is 6.08. The largest absolute Gasteiger partial charge is 0.494 e. The predicted octanol–water partition coefficient (Wildman–Crippen LogP) is 3.92. The molecule has 1 amide bonds. The van der Waals surface area contributed by atoms with Crippen molar-refractivity contribution in [2.75, 3.05) is 32.8 Å². The standard InChI is InChI=1S/C25H34N2O4S/c1-18-8-10-23(11-9-18)31-16-6-7-24(28)26-12-14-27(15-13-26)32(29,30)25-21(4)19(2)17-20(3)22(25)5/h8-11,17H,6-7,12-16H2,1-5H3. The molecule has 2 aromatic rings. The topological polar surface area (TPSA) is 66.9 Å². The molecule has 174 valence electrons. The van der Waals surface area contributed by atoms with Crippen LogP contribution in [0.15, 0.2) is 35.2 Å². The Morgan fingerprint density at radius 2 is 1.47 bits per heavy atom. The van der Waals surface area contributed by atoms with Gasteiger partial charge in [0.25, 0.3) is 0 Å². The van der Waals surface area contributed by atoms with Gasteiger partial charge in [-0.1, -0.05) is 23.8 Å². The van der Waals surface area contributed by atoms with Crippen molar-refractivity contribution in [1.82, 2.24) is 9.21 Å². The van der Waals surface area contributed by atoms with Crippen molar-refractivity contribution in [1.29, 1.82) is 0 Å². The molecule has 0 N–H and O–H groups in total. The molecule has 2 aromatic carbocycles. The number of nitrogens with zero attached hydrogens (tertiary/aromatic N) is 2. The molecule has 0 atom stereocenters. The molecule has 1 heterocycles. The number of ether oxygens (including phenoxy) is 1. The van der Waals surface area contributed by atoms with Crippen molar-refractivity contribution < 1.29 is 17.9 Å². The summed E-state index contributed by atoms with van der Waals surface area (Å²) in [6.07, 6.45) is 1.03. The predicted molar refractivity (Wildman–Crippen MR) is 127 cm³/mol. The maximum atomic E-state index is 13.4. The van der Waals surface area contributed by atoms with Gasteiger partial charge in [0, 0.05) is 32.6 Å². The molecular formula is C25H34N2O4S. The van der Waals surface area contributed by atoms with Crippen LogP contribution in [0.2, 0.25) is 0 Å². The Kier molecular flexibility index (Phi) is 7.62. The monoisotopic (exact) mass is 458 g/mol. The highest BCUT2D eigenvalue weighted by Gasteiger charge is 2.32. The average molecular weight is 459 g/mol.